The van der Waals surface area contributed by atoms with Crippen molar-refractivity contribution in [2.75, 3.05) is 26.2 Å². The maximum absolute atomic E-state index is 12.3. The van der Waals surface area contributed by atoms with Gasteiger partial charge < -0.3 is 4.90 Å². The second-order valence-corrected chi connectivity index (χ2v) is 7.36. The molecule has 3 rings (SSSR count). The molecule has 5 heteroatoms. The third-order valence-electron chi connectivity index (χ3n) is 4.70. The summed E-state index contributed by atoms with van der Waals surface area (Å²) in [5.41, 5.74) is 1.23. The van der Waals surface area contributed by atoms with Crippen molar-refractivity contribution in [1.82, 2.24) is 9.80 Å². The van der Waals surface area contributed by atoms with Crippen LogP contribution in [0.1, 0.15) is 31.2 Å². The second kappa shape index (κ2) is 7.75. The minimum absolute atomic E-state index is 0.618. The van der Waals surface area contributed by atoms with E-state index in [0.717, 1.165) is 13.1 Å². The smallest absolute Gasteiger partial charge is 0.288 e. The van der Waals surface area contributed by atoms with Crippen LogP contribution >= 0.6 is 11.8 Å². The number of alkyl halides is 2. The van der Waals surface area contributed by atoms with Gasteiger partial charge in [0.1, 0.15) is 0 Å². The highest BCUT2D eigenvalue weighted by molar-refractivity contribution is 7.99. The number of halogens is 2. The molecule has 1 atom stereocenters. The molecule has 0 spiro atoms. The quantitative estimate of drug-likeness (QED) is 0.728. The molecule has 1 unspecified atom stereocenters. The number of thioether (sulfide) groups is 1. The summed E-state index contributed by atoms with van der Waals surface area (Å²) in [7, 11) is 0. The molecule has 0 aromatic heterocycles. The van der Waals surface area contributed by atoms with Crippen molar-refractivity contribution in [3.8, 4) is 0 Å². The van der Waals surface area contributed by atoms with E-state index in [1.807, 2.05) is 24.3 Å². The zero-order chi connectivity index (χ0) is 15.4. The number of benzene rings is 1. The standard InChI is InChI=1S/C17H24F2N2S/c18-17(19)22-16-7-5-14(6-8-16)12-21-11-3-4-15(21)13-20-9-1-2-10-20/h5-8,15,17H,1-4,9-13H2. The van der Waals surface area contributed by atoms with Crippen molar-refractivity contribution in [3.63, 3.8) is 0 Å². The maximum atomic E-state index is 12.3. The fourth-order valence-electron chi connectivity index (χ4n) is 3.58. The van der Waals surface area contributed by atoms with E-state index in [0.29, 0.717) is 22.7 Å². The van der Waals surface area contributed by atoms with Crippen molar-refractivity contribution in [2.24, 2.45) is 0 Å². The van der Waals surface area contributed by atoms with Crippen molar-refractivity contribution in [2.45, 2.75) is 48.9 Å². The lowest BCUT2D eigenvalue weighted by Crippen LogP contribution is -2.38. The topological polar surface area (TPSA) is 6.48 Å². The Hall–Kier alpha value is -0.650. The molecule has 0 aliphatic carbocycles. The largest absolute Gasteiger partial charge is 0.302 e. The Balaban J connectivity index is 1.54. The van der Waals surface area contributed by atoms with Crippen LogP contribution in [-0.4, -0.2) is 47.8 Å². The van der Waals surface area contributed by atoms with Crippen molar-refractivity contribution in [3.05, 3.63) is 29.8 Å². The molecule has 0 radical (unpaired) electrons. The van der Waals surface area contributed by atoms with Gasteiger partial charge in [0.05, 0.1) is 0 Å². The Morgan fingerprint density at radius 3 is 2.45 bits per heavy atom. The van der Waals surface area contributed by atoms with Gasteiger partial charge in [-0.05, 0) is 63.0 Å². The van der Waals surface area contributed by atoms with Gasteiger partial charge in [0.25, 0.3) is 5.76 Å². The Bertz CT molecular complexity index is 460. The summed E-state index contributed by atoms with van der Waals surface area (Å²) < 4.78 is 24.7. The van der Waals surface area contributed by atoms with Gasteiger partial charge >= 0.3 is 0 Å². The normalized spacial score (nSPS) is 23.7. The molecule has 22 heavy (non-hydrogen) atoms. The van der Waals surface area contributed by atoms with E-state index in [2.05, 4.69) is 9.80 Å². The van der Waals surface area contributed by atoms with Crippen LogP contribution in [0.25, 0.3) is 0 Å². The van der Waals surface area contributed by atoms with Crippen LogP contribution in [0.4, 0.5) is 8.78 Å². The van der Waals surface area contributed by atoms with E-state index in [4.69, 9.17) is 0 Å². The molecular formula is C17H24F2N2S. The second-order valence-electron chi connectivity index (χ2n) is 6.30. The third-order valence-corrected chi connectivity index (χ3v) is 5.42. The molecule has 0 amide bonds. The summed E-state index contributed by atoms with van der Waals surface area (Å²) >= 11 is 0.618. The molecule has 2 aliphatic heterocycles. The summed E-state index contributed by atoms with van der Waals surface area (Å²) in [5.74, 6) is -2.34. The molecule has 2 aliphatic rings. The first kappa shape index (κ1) is 16.2. The first-order valence-corrected chi connectivity index (χ1v) is 9.09. The minimum atomic E-state index is -2.34. The van der Waals surface area contributed by atoms with Gasteiger partial charge in [0, 0.05) is 24.0 Å². The van der Waals surface area contributed by atoms with Crippen molar-refractivity contribution in [1.29, 1.82) is 0 Å². The van der Waals surface area contributed by atoms with Crippen molar-refractivity contribution < 1.29 is 8.78 Å². The average molecular weight is 326 g/mol. The summed E-state index contributed by atoms with van der Waals surface area (Å²) in [6, 6.07) is 8.29. The van der Waals surface area contributed by atoms with E-state index in [9.17, 15) is 8.78 Å². The zero-order valence-corrected chi connectivity index (χ0v) is 13.7. The molecule has 2 saturated heterocycles. The maximum Gasteiger partial charge on any atom is 0.288 e. The Kier molecular flexibility index (Phi) is 5.71. The van der Waals surface area contributed by atoms with Crippen LogP contribution in [0.15, 0.2) is 29.2 Å². The minimum Gasteiger partial charge on any atom is -0.302 e. The predicted molar refractivity (Wildman–Crippen MR) is 87.4 cm³/mol. The summed E-state index contributed by atoms with van der Waals surface area (Å²) in [6.45, 7) is 5.80. The van der Waals surface area contributed by atoms with E-state index in [1.165, 1.54) is 50.9 Å². The fourth-order valence-corrected chi connectivity index (χ4v) is 4.08. The number of hydrogen-bond acceptors (Lipinski definition) is 3. The summed E-state index contributed by atoms with van der Waals surface area (Å²) in [5, 5.41) is 0. The first-order valence-electron chi connectivity index (χ1n) is 8.21. The number of likely N-dealkylation sites (tertiary alicyclic amines) is 2. The Morgan fingerprint density at radius 1 is 1.05 bits per heavy atom. The highest BCUT2D eigenvalue weighted by atomic mass is 32.2. The Labute approximate surface area is 135 Å². The molecule has 0 bridgehead atoms. The predicted octanol–water partition coefficient (Wildman–Crippen LogP) is 4.06. The summed E-state index contributed by atoms with van der Waals surface area (Å²) in [4.78, 5) is 5.80. The summed E-state index contributed by atoms with van der Waals surface area (Å²) in [6.07, 6.45) is 5.25. The van der Waals surface area contributed by atoms with E-state index in [1.54, 1.807) is 0 Å². The van der Waals surface area contributed by atoms with Crippen LogP contribution < -0.4 is 0 Å². The number of nitrogens with zero attached hydrogens (tertiary/aromatic N) is 2. The van der Waals surface area contributed by atoms with Crippen LogP contribution in [0.2, 0.25) is 0 Å². The highest BCUT2D eigenvalue weighted by Crippen LogP contribution is 2.27. The zero-order valence-electron chi connectivity index (χ0n) is 12.9. The molecule has 2 heterocycles. The molecule has 0 saturated carbocycles. The van der Waals surface area contributed by atoms with Gasteiger partial charge in [0.15, 0.2) is 0 Å². The van der Waals surface area contributed by atoms with E-state index in [-0.39, 0.29) is 0 Å². The monoisotopic (exact) mass is 326 g/mol. The lowest BCUT2D eigenvalue weighted by molar-refractivity contribution is 0.185. The number of rotatable bonds is 6. The van der Waals surface area contributed by atoms with Gasteiger partial charge in [0.2, 0.25) is 0 Å². The third kappa shape index (κ3) is 4.43. The van der Waals surface area contributed by atoms with Gasteiger partial charge in [-0.15, -0.1) is 0 Å². The SMILES string of the molecule is FC(F)Sc1ccc(CN2CCCC2CN2CCCC2)cc1. The molecule has 1 aromatic carbocycles. The lowest BCUT2D eigenvalue weighted by atomic mass is 10.1. The van der Waals surface area contributed by atoms with E-state index < -0.39 is 5.76 Å². The van der Waals surface area contributed by atoms with Crippen LogP contribution in [-0.2, 0) is 6.54 Å². The van der Waals surface area contributed by atoms with Crippen molar-refractivity contribution >= 4 is 11.8 Å². The van der Waals surface area contributed by atoms with Crippen LogP contribution in [0, 0.1) is 0 Å². The number of hydrogen-bond donors (Lipinski definition) is 0. The van der Waals surface area contributed by atoms with Crippen LogP contribution in [0.3, 0.4) is 0 Å². The average Bonchev–Trinajstić information content (AvgIpc) is 3.14. The molecule has 0 N–H and O–H groups in total. The molecule has 2 nitrogen and oxygen atoms in total. The molecule has 1 aromatic rings. The Morgan fingerprint density at radius 2 is 1.77 bits per heavy atom. The molecular weight excluding hydrogens is 302 g/mol. The van der Waals surface area contributed by atoms with Gasteiger partial charge in [-0.3, -0.25) is 4.90 Å². The van der Waals surface area contributed by atoms with Gasteiger partial charge in [-0.25, -0.2) is 0 Å². The molecule has 122 valence electrons. The van der Waals surface area contributed by atoms with Crippen LogP contribution in [0.5, 0.6) is 0 Å². The highest BCUT2D eigenvalue weighted by Gasteiger charge is 2.27. The van der Waals surface area contributed by atoms with E-state index >= 15 is 0 Å². The lowest BCUT2D eigenvalue weighted by Gasteiger charge is -2.28. The molecule has 2 fully saturated rings. The fraction of sp³-hybridized carbons (Fsp3) is 0.647. The first-order chi connectivity index (χ1) is 10.7. The van der Waals surface area contributed by atoms with Gasteiger partial charge in [-0.1, -0.05) is 23.9 Å². The van der Waals surface area contributed by atoms with Gasteiger partial charge in [-0.2, -0.15) is 8.78 Å².